The van der Waals surface area contributed by atoms with Gasteiger partial charge in [0, 0.05) is 12.1 Å². The van der Waals surface area contributed by atoms with Crippen LogP contribution in [-0.4, -0.2) is 26.2 Å². The van der Waals surface area contributed by atoms with E-state index in [9.17, 15) is 4.79 Å². The van der Waals surface area contributed by atoms with Crippen LogP contribution >= 0.6 is 15.9 Å². The second-order valence-corrected chi connectivity index (χ2v) is 9.11. The number of hydrogen-bond donors (Lipinski definition) is 1. The van der Waals surface area contributed by atoms with Gasteiger partial charge in [0.1, 0.15) is 5.75 Å². The van der Waals surface area contributed by atoms with Crippen molar-refractivity contribution < 1.29 is 19.0 Å². The summed E-state index contributed by atoms with van der Waals surface area (Å²) in [4.78, 5) is 12.6. The number of methoxy groups -OCH3 is 1. The number of benzene rings is 2. The van der Waals surface area contributed by atoms with Crippen LogP contribution in [-0.2, 0) is 6.54 Å². The Bertz CT molecular complexity index is 854. The number of nitrogens with one attached hydrogen (secondary N) is 1. The van der Waals surface area contributed by atoms with Gasteiger partial charge in [0.15, 0.2) is 11.5 Å². The number of halogens is 1. The summed E-state index contributed by atoms with van der Waals surface area (Å²) in [5, 5.41) is 2.96. The highest BCUT2D eigenvalue weighted by Gasteiger charge is 2.11. The number of carbonyl (C=O) groups excluding carboxylic acids is 1. The lowest BCUT2D eigenvalue weighted by Gasteiger charge is -2.14. The molecule has 176 valence electrons. The molecule has 0 bridgehead atoms. The van der Waals surface area contributed by atoms with Gasteiger partial charge in [-0.2, -0.15) is 0 Å². The van der Waals surface area contributed by atoms with E-state index in [0.29, 0.717) is 37.0 Å². The zero-order chi connectivity index (χ0) is 23.3. The molecule has 0 aliphatic heterocycles. The van der Waals surface area contributed by atoms with Gasteiger partial charge in [-0.25, -0.2) is 0 Å². The maximum atomic E-state index is 12.6. The number of hydrogen-bond acceptors (Lipinski definition) is 4. The Morgan fingerprint density at radius 1 is 0.969 bits per heavy atom. The van der Waals surface area contributed by atoms with Crippen molar-refractivity contribution >= 4 is 21.8 Å². The van der Waals surface area contributed by atoms with Crippen LogP contribution in [0.5, 0.6) is 17.2 Å². The zero-order valence-electron chi connectivity index (χ0n) is 19.7. The summed E-state index contributed by atoms with van der Waals surface area (Å²) in [6, 6.07) is 11.2. The minimum absolute atomic E-state index is 0.142. The molecule has 2 rings (SSSR count). The lowest BCUT2D eigenvalue weighted by atomic mass is 10.1. The van der Waals surface area contributed by atoms with Gasteiger partial charge in [-0.1, -0.05) is 46.1 Å². The molecule has 0 aliphatic rings. The summed E-state index contributed by atoms with van der Waals surface area (Å²) in [7, 11) is 1.62. The van der Waals surface area contributed by atoms with Gasteiger partial charge in [-0.15, -0.1) is 0 Å². The molecule has 2 aromatic carbocycles. The van der Waals surface area contributed by atoms with Crippen molar-refractivity contribution in [2.75, 3.05) is 20.3 Å². The quantitative estimate of drug-likeness (QED) is 0.287. The molecule has 0 radical (unpaired) electrons. The second-order valence-electron chi connectivity index (χ2n) is 8.25. The summed E-state index contributed by atoms with van der Waals surface area (Å²) < 4.78 is 17.9. The first-order chi connectivity index (χ1) is 15.4. The van der Waals surface area contributed by atoms with Crippen molar-refractivity contribution in [3.63, 3.8) is 0 Å². The molecular formula is C26H36BrNO4. The van der Waals surface area contributed by atoms with Crippen LogP contribution < -0.4 is 19.5 Å². The number of unbranched alkanes of at least 4 members (excludes halogenated alkanes) is 3. The van der Waals surface area contributed by atoms with Crippen LogP contribution in [0, 0.1) is 5.92 Å². The monoisotopic (exact) mass is 505 g/mol. The standard InChI is InChI=1S/C26H36BrNO4/c1-5-6-7-8-14-31-23-12-10-21(17-22(23)27)26(29)28-18-20-9-11-24(25(16-20)30-4)32-15-13-19(2)3/h9-12,16-17,19H,5-8,13-15,18H2,1-4H3,(H,28,29). The molecule has 6 heteroatoms. The lowest BCUT2D eigenvalue weighted by molar-refractivity contribution is 0.0950. The van der Waals surface area contributed by atoms with Crippen LogP contribution in [0.15, 0.2) is 40.9 Å². The van der Waals surface area contributed by atoms with Gasteiger partial charge in [0.2, 0.25) is 0 Å². The third kappa shape index (κ3) is 8.73. The third-order valence-corrected chi connectivity index (χ3v) is 5.70. The Hall–Kier alpha value is -2.21. The Kier molecular flexibility index (Phi) is 11.4. The van der Waals surface area contributed by atoms with E-state index in [1.165, 1.54) is 19.3 Å². The van der Waals surface area contributed by atoms with Gasteiger partial charge in [-0.3, -0.25) is 4.79 Å². The summed E-state index contributed by atoms with van der Waals surface area (Å²) >= 11 is 3.52. The first kappa shape index (κ1) is 26.0. The first-order valence-corrected chi connectivity index (χ1v) is 12.2. The summed E-state index contributed by atoms with van der Waals surface area (Å²) in [5.41, 5.74) is 1.52. The Labute approximate surface area is 201 Å². The normalized spacial score (nSPS) is 10.8. The minimum Gasteiger partial charge on any atom is -0.493 e. The largest absolute Gasteiger partial charge is 0.493 e. The predicted molar refractivity (Wildman–Crippen MR) is 133 cm³/mol. The number of rotatable bonds is 14. The van der Waals surface area contributed by atoms with Gasteiger partial charge in [-0.05, 0) is 70.6 Å². The molecule has 0 atom stereocenters. The van der Waals surface area contributed by atoms with Gasteiger partial charge >= 0.3 is 0 Å². The number of ether oxygens (including phenoxy) is 3. The maximum Gasteiger partial charge on any atom is 0.251 e. The Morgan fingerprint density at radius 2 is 1.72 bits per heavy atom. The van der Waals surface area contributed by atoms with E-state index in [0.717, 1.165) is 34.4 Å². The predicted octanol–water partition coefficient (Wildman–Crippen LogP) is 6.77. The van der Waals surface area contributed by atoms with Crippen molar-refractivity contribution in [3.05, 3.63) is 52.0 Å². The molecule has 0 spiro atoms. The third-order valence-electron chi connectivity index (χ3n) is 5.08. The average Bonchev–Trinajstić information content (AvgIpc) is 2.78. The molecule has 2 aromatic rings. The van der Waals surface area contributed by atoms with Crippen molar-refractivity contribution in [2.45, 2.75) is 59.4 Å². The maximum absolute atomic E-state index is 12.6. The van der Waals surface area contributed by atoms with Crippen molar-refractivity contribution in [2.24, 2.45) is 5.92 Å². The molecule has 0 fully saturated rings. The molecule has 0 saturated heterocycles. The summed E-state index contributed by atoms with van der Waals surface area (Å²) in [6.07, 6.45) is 5.62. The number of carbonyl (C=O) groups is 1. The van der Waals surface area contributed by atoms with Crippen LogP contribution in [0.1, 0.15) is 68.8 Å². The van der Waals surface area contributed by atoms with Gasteiger partial charge in [0.25, 0.3) is 5.91 Å². The number of amides is 1. The molecule has 0 saturated carbocycles. The van der Waals surface area contributed by atoms with E-state index in [1.54, 1.807) is 19.2 Å². The topological polar surface area (TPSA) is 56.8 Å². The highest BCUT2D eigenvalue weighted by Crippen LogP contribution is 2.29. The van der Waals surface area contributed by atoms with E-state index < -0.39 is 0 Å². The summed E-state index contributed by atoms with van der Waals surface area (Å²) in [6.45, 7) is 8.26. The SMILES string of the molecule is CCCCCCOc1ccc(C(=O)NCc2ccc(OCCC(C)C)c(OC)c2)cc1Br. The molecule has 1 amide bonds. The van der Waals surface area contributed by atoms with Gasteiger partial charge in [0.05, 0.1) is 24.8 Å². The minimum atomic E-state index is -0.142. The Balaban J connectivity index is 1.89. The zero-order valence-corrected chi connectivity index (χ0v) is 21.3. The molecule has 5 nitrogen and oxygen atoms in total. The lowest BCUT2D eigenvalue weighted by Crippen LogP contribution is -2.22. The van der Waals surface area contributed by atoms with E-state index in [2.05, 4.69) is 42.0 Å². The fourth-order valence-electron chi connectivity index (χ4n) is 3.10. The van der Waals surface area contributed by atoms with E-state index in [4.69, 9.17) is 14.2 Å². The molecular weight excluding hydrogens is 470 g/mol. The second kappa shape index (κ2) is 14.0. The molecule has 1 N–H and O–H groups in total. The highest BCUT2D eigenvalue weighted by atomic mass is 79.9. The molecule has 0 aromatic heterocycles. The van der Waals surface area contributed by atoms with Crippen LogP contribution in [0.4, 0.5) is 0 Å². The molecule has 0 heterocycles. The molecule has 0 unspecified atom stereocenters. The van der Waals surface area contributed by atoms with Gasteiger partial charge < -0.3 is 19.5 Å². The van der Waals surface area contributed by atoms with Crippen LogP contribution in [0.3, 0.4) is 0 Å². The fourth-order valence-corrected chi connectivity index (χ4v) is 3.59. The first-order valence-electron chi connectivity index (χ1n) is 11.4. The molecule has 32 heavy (non-hydrogen) atoms. The Morgan fingerprint density at radius 3 is 2.41 bits per heavy atom. The van der Waals surface area contributed by atoms with Crippen molar-refractivity contribution in [3.8, 4) is 17.2 Å². The van der Waals surface area contributed by atoms with E-state index in [1.807, 2.05) is 24.3 Å². The fraction of sp³-hybridized carbons (Fsp3) is 0.500. The van der Waals surface area contributed by atoms with Crippen LogP contribution in [0.2, 0.25) is 0 Å². The highest BCUT2D eigenvalue weighted by molar-refractivity contribution is 9.10. The van der Waals surface area contributed by atoms with Crippen molar-refractivity contribution in [1.29, 1.82) is 0 Å². The van der Waals surface area contributed by atoms with E-state index >= 15 is 0 Å². The smallest absolute Gasteiger partial charge is 0.251 e. The summed E-state index contributed by atoms with van der Waals surface area (Å²) in [5.74, 6) is 2.59. The van der Waals surface area contributed by atoms with Crippen molar-refractivity contribution in [1.82, 2.24) is 5.32 Å². The van der Waals surface area contributed by atoms with E-state index in [-0.39, 0.29) is 5.91 Å². The van der Waals surface area contributed by atoms with Crippen LogP contribution in [0.25, 0.3) is 0 Å². The average molecular weight is 506 g/mol. The molecule has 0 aliphatic carbocycles.